The van der Waals surface area contributed by atoms with Crippen LogP contribution in [-0.4, -0.2) is 58.8 Å². The Balaban J connectivity index is 1.67. The first kappa shape index (κ1) is 26.0. The number of methoxy groups -OCH3 is 1. The number of nitrogens with zero attached hydrogens (tertiary/aromatic N) is 5. The van der Waals surface area contributed by atoms with Gasteiger partial charge < -0.3 is 14.5 Å². The molecule has 1 fully saturated rings. The van der Waals surface area contributed by atoms with Crippen LogP contribution in [-0.2, 0) is 4.74 Å². The van der Waals surface area contributed by atoms with E-state index in [-0.39, 0.29) is 40.3 Å². The van der Waals surface area contributed by atoms with Gasteiger partial charge in [0.05, 0.1) is 17.5 Å². The molecule has 1 aliphatic heterocycles. The van der Waals surface area contributed by atoms with Gasteiger partial charge in [-0.3, -0.25) is 4.79 Å². The molecular formula is C27H25ClF3N5O2. The summed E-state index contributed by atoms with van der Waals surface area (Å²) in [5.41, 5.74) is 1.64. The summed E-state index contributed by atoms with van der Waals surface area (Å²) in [6.07, 6.45) is 1.60. The zero-order chi connectivity index (χ0) is 27.1. The zero-order valence-corrected chi connectivity index (χ0v) is 21.8. The van der Waals surface area contributed by atoms with Crippen LogP contribution < -0.4 is 4.90 Å². The second kappa shape index (κ2) is 10.3. The van der Waals surface area contributed by atoms with E-state index >= 15 is 0 Å². The van der Waals surface area contributed by atoms with E-state index in [4.69, 9.17) is 16.3 Å². The Bertz CT molecular complexity index is 1500. The molecule has 0 spiro atoms. The van der Waals surface area contributed by atoms with Gasteiger partial charge in [-0.15, -0.1) is 0 Å². The minimum absolute atomic E-state index is 0.0603. The van der Waals surface area contributed by atoms with Crippen molar-refractivity contribution in [1.82, 2.24) is 19.5 Å². The summed E-state index contributed by atoms with van der Waals surface area (Å²) in [4.78, 5) is 21.1. The van der Waals surface area contributed by atoms with Gasteiger partial charge in [-0.1, -0.05) is 23.7 Å². The van der Waals surface area contributed by atoms with E-state index in [1.807, 2.05) is 0 Å². The molecule has 2 aromatic carbocycles. The van der Waals surface area contributed by atoms with Crippen LogP contribution in [0.5, 0.6) is 0 Å². The van der Waals surface area contributed by atoms with Crippen molar-refractivity contribution in [3.05, 3.63) is 76.2 Å². The van der Waals surface area contributed by atoms with Crippen molar-refractivity contribution in [2.75, 3.05) is 32.1 Å². The number of halogens is 4. The number of anilines is 2. The molecule has 198 valence electrons. The molecule has 0 saturated carbocycles. The molecule has 1 atom stereocenters. The van der Waals surface area contributed by atoms with Crippen LogP contribution in [0.25, 0.3) is 16.9 Å². The topological polar surface area (TPSA) is 63.0 Å². The van der Waals surface area contributed by atoms with Gasteiger partial charge in [0.25, 0.3) is 5.91 Å². The fourth-order valence-electron chi connectivity index (χ4n) is 4.79. The predicted octanol–water partition coefficient (Wildman–Crippen LogP) is 5.79. The number of piperidine rings is 1. The van der Waals surface area contributed by atoms with Gasteiger partial charge in [-0.05, 0) is 43.5 Å². The summed E-state index contributed by atoms with van der Waals surface area (Å²) >= 11 is 5.68. The maximum absolute atomic E-state index is 14.9. The molecule has 0 unspecified atom stereocenters. The number of aromatic nitrogens is 3. The number of para-hydroxylation sites is 1. The van der Waals surface area contributed by atoms with Crippen molar-refractivity contribution in [1.29, 1.82) is 0 Å². The molecule has 38 heavy (non-hydrogen) atoms. The minimum atomic E-state index is -0.939. The van der Waals surface area contributed by atoms with Crippen LogP contribution in [0, 0.1) is 24.4 Å². The SMILES string of the molecule is CO[C@@H]1CCCN(C(=O)c2cc3nc(-c4cc(F)c(Cl)c(F)c4)cc(N(C)c4c(C)cccc4F)n3n2)C1. The molecule has 2 aromatic heterocycles. The fourth-order valence-corrected chi connectivity index (χ4v) is 4.90. The number of aryl methyl sites for hydroxylation is 1. The molecule has 1 amide bonds. The van der Waals surface area contributed by atoms with Crippen molar-refractivity contribution in [3.63, 3.8) is 0 Å². The number of likely N-dealkylation sites (tertiary alicyclic amines) is 1. The van der Waals surface area contributed by atoms with Crippen molar-refractivity contribution < 1.29 is 22.7 Å². The van der Waals surface area contributed by atoms with Gasteiger partial charge >= 0.3 is 0 Å². The number of hydrogen-bond acceptors (Lipinski definition) is 5. The maximum Gasteiger partial charge on any atom is 0.274 e. The molecule has 1 aliphatic rings. The van der Waals surface area contributed by atoms with Gasteiger partial charge in [0.15, 0.2) is 11.3 Å². The lowest BCUT2D eigenvalue weighted by Gasteiger charge is -2.31. The van der Waals surface area contributed by atoms with Crippen LogP contribution in [0.1, 0.15) is 28.9 Å². The number of fused-ring (bicyclic) bond motifs is 1. The summed E-state index contributed by atoms with van der Waals surface area (Å²) in [6, 6.07) is 9.89. The van der Waals surface area contributed by atoms with Crippen LogP contribution in [0.3, 0.4) is 0 Å². The molecular weight excluding hydrogens is 519 g/mol. The number of benzene rings is 2. The van der Waals surface area contributed by atoms with Crippen molar-refractivity contribution in [2.45, 2.75) is 25.9 Å². The first-order valence-corrected chi connectivity index (χ1v) is 12.4. The minimum Gasteiger partial charge on any atom is -0.380 e. The summed E-state index contributed by atoms with van der Waals surface area (Å²) in [6.45, 7) is 2.76. The van der Waals surface area contributed by atoms with Crippen molar-refractivity contribution in [2.24, 2.45) is 0 Å². The van der Waals surface area contributed by atoms with Crippen molar-refractivity contribution in [3.8, 4) is 11.3 Å². The second-order valence-corrected chi connectivity index (χ2v) is 9.65. The quantitative estimate of drug-likeness (QED) is 0.298. The first-order chi connectivity index (χ1) is 18.2. The highest BCUT2D eigenvalue weighted by Gasteiger charge is 2.27. The van der Waals surface area contributed by atoms with Gasteiger partial charge in [0.1, 0.15) is 28.3 Å². The van der Waals surface area contributed by atoms with Crippen LogP contribution in [0.2, 0.25) is 5.02 Å². The Morgan fingerprint density at radius 3 is 2.55 bits per heavy atom. The molecule has 5 rings (SSSR count). The Kier molecular flexibility index (Phi) is 7.02. The monoisotopic (exact) mass is 543 g/mol. The van der Waals surface area contributed by atoms with E-state index in [0.717, 1.165) is 25.0 Å². The standard InChI is InChI=1S/C27H25ClF3N5O2/c1-15-6-4-8-18(29)26(15)34(2)24-13-21(16-10-19(30)25(28)20(31)11-16)32-23-12-22(33-36(23)24)27(37)35-9-5-7-17(14-35)38-3/h4,6,8,10-13,17H,5,7,9,14H2,1-3H3/t17-/m1/s1. The van der Waals surface area contributed by atoms with E-state index in [0.29, 0.717) is 24.5 Å². The van der Waals surface area contributed by atoms with E-state index in [1.54, 1.807) is 43.0 Å². The van der Waals surface area contributed by atoms with Gasteiger partial charge in [0.2, 0.25) is 0 Å². The Morgan fingerprint density at radius 2 is 1.87 bits per heavy atom. The first-order valence-electron chi connectivity index (χ1n) is 12.0. The summed E-state index contributed by atoms with van der Waals surface area (Å²) < 4.78 is 50.4. The van der Waals surface area contributed by atoms with Crippen LogP contribution in [0.15, 0.2) is 42.5 Å². The third kappa shape index (κ3) is 4.69. The normalized spacial score (nSPS) is 15.8. The van der Waals surface area contributed by atoms with E-state index in [9.17, 15) is 18.0 Å². The second-order valence-electron chi connectivity index (χ2n) is 9.27. The molecule has 0 N–H and O–H groups in total. The van der Waals surface area contributed by atoms with Crippen molar-refractivity contribution >= 4 is 34.7 Å². The van der Waals surface area contributed by atoms with Gasteiger partial charge in [-0.2, -0.15) is 9.61 Å². The molecule has 11 heteroatoms. The lowest BCUT2D eigenvalue weighted by Crippen LogP contribution is -2.43. The lowest BCUT2D eigenvalue weighted by atomic mass is 10.1. The largest absolute Gasteiger partial charge is 0.380 e. The third-order valence-corrected chi connectivity index (χ3v) is 7.13. The zero-order valence-electron chi connectivity index (χ0n) is 21.0. The molecule has 0 radical (unpaired) electrons. The number of ether oxygens (including phenoxy) is 1. The highest BCUT2D eigenvalue weighted by Crippen LogP contribution is 2.34. The molecule has 1 saturated heterocycles. The molecule has 3 heterocycles. The average Bonchev–Trinajstić information content (AvgIpc) is 3.34. The lowest BCUT2D eigenvalue weighted by molar-refractivity contribution is 0.0265. The Labute approximate surface area is 222 Å². The predicted molar refractivity (Wildman–Crippen MR) is 138 cm³/mol. The Morgan fingerprint density at radius 1 is 1.13 bits per heavy atom. The smallest absolute Gasteiger partial charge is 0.274 e. The number of amides is 1. The number of carbonyl (C=O) groups excluding carboxylic acids is 1. The summed E-state index contributed by atoms with van der Waals surface area (Å²) in [5.74, 6) is -2.31. The highest BCUT2D eigenvalue weighted by molar-refractivity contribution is 6.31. The third-order valence-electron chi connectivity index (χ3n) is 6.77. The van der Waals surface area contributed by atoms with Gasteiger partial charge in [-0.25, -0.2) is 18.2 Å². The van der Waals surface area contributed by atoms with Crippen LogP contribution >= 0.6 is 11.6 Å². The van der Waals surface area contributed by atoms with E-state index < -0.39 is 22.5 Å². The highest BCUT2D eigenvalue weighted by atomic mass is 35.5. The van der Waals surface area contributed by atoms with Crippen LogP contribution in [0.4, 0.5) is 24.7 Å². The van der Waals surface area contributed by atoms with Gasteiger partial charge in [0, 0.05) is 44.9 Å². The summed E-state index contributed by atoms with van der Waals surface area (Å²) in [5, 5.41) is 3.89. The average molecular weight is 544 g/mol. The molecule has 4 aromatic rings. The van der Waals surface area contributed by atoms with E-state index in [2.05, 4.69) is 10.1 Å². The molecule has 0 aliphatic carbocycles. The Hall–Kier alpha value is -3.63. The number of carbonyl (C=O) groups is 1. The summed E-state index contributed by atoms with van der Waals surface area (Å²) in [7, 11) is 3.26. The number of hydrogen-bond donors (Lipinski definition) is 0. The van der Waals surface area contributed by atoms with E-state index in [1.165, 1.54) is 22.7 Å². The fraction of sp³-hybridized carbons (Fsp3) is 0.296. The number of rotatable bonds is 5. The maximum atomic E-state index is 14.9. The molecule has 0 bridgehead atoms. The molecule has 7 nitrogen and oxygen atoms in total.